The van der Waals surface area contributed by atoms with Crippen molar-refractivity contribution in [2.24, 2.45) is 7.05 Å². The molecule has 0 atom stereocenters. The average Bonchev–Trinajstić information content (AvgIpc) is 2.82. The van der Waals surface area contributed by atoms with E-state index in [1.165, 1.54) is 6.07 Å². The van der Waals surface area contributed by atoms with E-state index in [1.807, 2.05) is 0 Å². The van der Waals surface area contributed by atoms with Crippen LogP contribution in [-0.4, -0.2) is 23.2 Å². The van der Waals surface area contributed by atoms with Crippen molar-refractivity contribution in [3.63, 3.8) is 0 Å². The molecule has 0 spiro atoms. The normalized spacial score (nSPS) is 10.2. The Balaban J connectivity index is 2.04. The van der Waals surface area contributed by atoms with Gasteiger partial charge in [-0.1, -0.05) is 0 Å². The standard InChI is InChI=1S/C14H12FNO3/c1-16-3-2-11(7-16)14(18)9-19-13-5-10(8-17)4-12(15)6-13/h2-8H,9H2,1H3. The van der Waals surface area contributed by atoms with Crippen LogP contribution in [0.2, 0.25) is 0 Å². The van der Waals surface area contributed by atoms with Crippen molar-refractivity contribution in [2.75, 3.05) is 6.61 Å². The first kappa shape index (κ1) is 13.0. The van der Waals surface area contributed by atoms with E-state index in [4.69, 9.17) is 4.74 Å². The highest BCUT2D eigenvalue weighted by atomic mass is 19.1. The van der Waals surface area contributed by atoms with Crippen LogP contribution in [0, 0.1) is 5.82 Å². The number of aldehydes is 1. The SMILES string of the molecule is Cn1ccc(C(=O)COc2cc(F)cc(C=O)c2)c1. The molecule has 0 aliphatic rings. The Labute approximate surface area is 109 Å². The first-order valence-corrected chi connectivity index (χ1v) is 5.62. The van der Waals surface area contributed by atoms with Gasteiger partial charge < -0.3 is 9.30 Å². The molecule has 0 unspecified atom stereocenters. The predicted molar refractivity (Wildman–Crippen MR) is 67.0 cm³/mol. The van der Waals surface area contributed by atoms with Gasteiger partial charge in [-0.2, -0.15) is 0 Å². The van der Waals surface area contributed by atoms with Crippen LogP contribution in [0.1, 0.15) is 20.7 Å². The Morgan fingerprint density at radius 1 is 1.42 bits per heavy atom. The molecule has 0 amide bonds. The molecule has 0 aliphatic carbocycles. The van der Waals surface area contributed by atoms with E-state index in [-0.39, 0.29) is 23.7 Å². The third kappa shape index (κ3) is 3.28. The van der Waals surface area contributed by atoms with Crippen molar-refractivity contribution in [1.29, 1.82) is 0 Å². The van der Waals surface area contributed by atoms with Gasteiger partial charge in [0, 0.05) is 36.6 Å². The van der Waals surface area contributed by atoms with E-state index in [2.05, 4.69) is 0 Å². The minimum atomic E-state index is -0.577. The molecule has 2 rings (SSSR count). The van der Waals surface area contributed by atoms with Gasteiger partial charge in [-0.3, -0.25) is 9.59 Å². The van der Waals surface area contributed by atoms with Crippen LogP contribution in [0.3, 0.4) is 0 Å². The molecule has 2 aromatic rings. The second-order valence-corrected chi connectivity index (χ2v) is 4.12. The number of halogens is 1. The molecule has 0 saturated heterocycles. The molecule has 98 valence electrons. The summed E-state index contributed by atoms with van der Waals surface area (Å²) in [6.45, 7) is -0.203. The summed E-state index contributed by atoms with van der Waals surface area (Å²) in [4.78, 5) is 22.4. The van der Waals surface area contributed by atoms with E-state index < -0.39 is 5.82 Å². The largest absolute Gasteiger partial charge is 0.485 e. The first-order chi connectivity index (χ1) is 9.08. The summed E-state index contributed by atoms with van der Waals surface area (Å²) in [5, 5.41) is 0. The minimum absolute atomic E-state index is 0.159. The van der Waals surface area contributed by atoms with E-state index in [0.29, 0.717) is 11.8 Å². The summed E-state index contributed by atoms with van der Waals surface area (Å²) < 4.78 is 20.1. The molecule has 1 aromatic carbocycles. The maximum atomic E-state index is 13.1. The average molecular weight is 261 g/mol. The lowest BCUT2D eigenvalue weighted by Crippen LogP contribution is -2.11. The first-order valence-electron chi connectivity index (χ1n) is 5.62. The molecule has 5 heteroatoms. The zero-order valence-electron chi connectivity index (χ0n) is 10.3. The number of hydrogen-bond acceptors (Lipinski definition) is 3. The Morgan fingerprint density at radius 2 is 2.21 bits per heavy atom. The number of rotatable bonds is 5. The lowest BCUT2D eigenvalue weighted by Gasteiger charge is -2.05. The number of hydrogen-bond donors (Lipinski definition) is 0. The predicted octanol–water partition coefficient (Wildman–Crippen LogP) is 2.24. The quantitative estimate of drug-likeness (QED) is 0.612. The molecule has 1 heterocycles. The zero-order chi connectivity index (χ0) is 13.8. The molecule has 0 aliphatic heterocycles. The fourth-order valence-electron chi connectivity index (χ4n) is 1.64. The Hall–Kier alpha value is -2.43. The number of ketones is 1. The van der Waals surface area contributed by atoms with Crippen molar-refractivity contribution in [3.05, 3.63) is 53.6 Å². The molecule has 0 radical (unpaired) electrons. The molecule has 19 heavy (non-hydrogen) atoms. The highest BCUT2D eigenvalue weighted by Crippen LogP contribution is 2.15. The van der Waals surface area contributed by atoms with Gasteiger partial charge in [0.05, 0.1) is 0 Å². The molecular weight excluding hydrogens is 249 g/mol. The second kappa shape index (κ2) is 5.48. The molecule has 0 bridgehead atoms. The Kier molecular flexibility index (Phi) is 3.75. The number of carbonyl (C=O) groups excluding carboxylic acids is 2. The molecule has 0 N–H and O–H groups in total. The van der Waals surface area contributed by atoms with Crippen molar-refractivity contribution >= 4 is 12.1 Å². The number of nitrogens with zero attached hydrogens (tertiary/aromatic N) is 1. The van der Waals surface area contributed by atoms with Crippen molar-refractivity contribution in [3.8, 4) is 5.75 Å². The van der Waals surface area contributed by atoms with Gasteiger partial charge in [0.2, 0.25) is 5.78 Å². The summed E-state index contributed by atoms with van der Waals surface area (Å²) in [6, 6.07) is 5.28. The number of aryl methyl sites for hydroxylation is 1. The van der Waals surface area contributed by atoms with Crippen LogP contribution >= 0.6 is 0 Å². The molecule has 4 nitrogen and oxygen atoms in total. The highest BCUT2D eigenvalue weighted by Gasteiger charge is 2.09. The number of ether oxygens (including phenoxy) is 1. The van der Waals surface area contributed by atoms with Gasteiger partial charge in [0.25, 0.3) is 0 Å². The third-order valence-corrected chi connectivity index (χ3v) is 2.55. The summed E-state index contributed by atoms with van der Waals surface area (Å²) in [6.07, 6.45) is 3.95. The van der Waals surface area contributed by atoms with Gasteiger partial charge in [0.1, 0.15) is 17.9 Å². The second-order valence-electron chi connectivity index (χ2n) is 4.12. The molecule has 0 saturated carbocycles. The Bertz CT molecular complexity index is 619. The van der Waals surface area contributed by atoms with Gasteiger partial charge in [-0.05, 0) is 18.2 Å². The fourth-order valence-corrected chi connectivity index (χ4v) is 1.64. The van der Waals surface area contributed by atoms with Crippen molar-refractivity contribution < 1.29 is 18.7 Å². The minimum Gasteiger partial charge on any atom is -0.485 e. The van der Waals surface area contributed by atoms with Crippen LogP contribution < -0.4 is 4.74 Å². The summed E-state index contributed by atoms with van der Waals surface area (Å²) in [7, 11) is 1.81. The van der Waals surface area contributed by atoms with Crippen LogP contribution in [0.5, 0.6) is 5.75 Å². The monoisotopic (exact) mass is 261 g/mol. The number of carbonyl (C=O) groups is 2. The summed E-state index contributed by atoms with van der Waals surface area (Å²) in [5.41, 5.74) is 0.691. The number of benzene rings is 1. The molecule has 1 aromatic heterocycles. The van der Waals surface area contributed by atoms with Crippen LogP contribution in [0.15, 0.2) is 36.7 Å². The molecule has 0 fully saturated rings. The van der Waals surface area contributed by atoms with E-state index in [1.54, 1.807) is 30.1 Å². The van der Waals surface area contributed by atoms with Gasteiger partial charge in [-0.15, -0.1) is 0 Å². The van der Waals surface area contributed by atoms with Crippen LogP contribution in [-0.2, 0) is 7.05 Å². The lowest BCUT2D eigenvalue weighted by molar-refractivity contribution is 0.0921. The number of aromatic nitrogens is 1. The fraction of sp³-hybridized carbons (Fsp3) is 0.143. The highest BCUT2D eigenvalue weighted by molar-refractivity contribution is 5.97. The lowest BCUT2D eigenvalue weighted by atomic mass is 10.2. The van der Waals surface area contributed by atoms with Crippen LogP contribution in [0.25, 0.3) is 0 Å². The Morgan fingerprint density at radius 3 is 2.84 bits per heavy atom. The summed E-state index contributed by atoms with van der Waals surface area (Å²) in [5.74, 6) is -0.629. The maximum absolute atomic E-state index is 13.1. The zero-order valence-corrected chi connectivity index (χ0v) is 10.3. The van der Waals surface area contributed by atoms with Gasteiger partial charge in [0.15, 0.2) is 6.61 Å². The van der Waals surface area contributed by atoms with E-state index >= 15 is 0 Å². The van der Waals surface area contributed by atoms with Crippen LogP contribution in [0.4, 0.5) is 4.39 Å². The maximum Gasteiger partial charge on any atom is 0.201 e. The van der Waals surface area contributed by atoms with Crippen molar-refractivity contribution in [1.82, 2.24) is 4.57 Å². The smallest absolute Gasteiger partial charge is 0.201 e. The van der Waals surface area contributed by atoms with Gasteiger partial charge >= 0.3 is 0 Å². The van der Waals surface area contributed by atoms with Crippen molar-refractivity contribution in [2.45, 2.75) is 0 Å². The van der Waals surface area contributed by atoms with E-state index in [0.717, 1.165) is 12.1 Å². The molecular formula is C14H12FNO3. The topological polar surface area (TPSA) is 48.3 Å². The number of Topliss-reactive ketones (excluding diaryl/α,β-unsaturated/α-hetero) is 1. The van der Waals surface area contributed by atoms with Gasteiger partial charge in [-0.25, -0.2) is 4.39 Å². The van der Waals surface area contributed by atoms with E-state index in [9.17, 15) is 14.0 Å². The summed E-state index contributed by atoms with van der Waals surface area (Å²) >= 11 is 0. The third-order valence-electron chi connectivity index (χ3n) is 2.55.